The summed E-state index contributed by atoms with van der Waals surface area (Å²) < 4.78 is 16.7. The number of hydrogen-bond acceptors (Lipinski definition) is 6. The van der Waals surface area contributed by atoms with Gasteiger partial charge in [-0.1, -0.05) is 235 Å². The molecule has 0 aliphatic rings. The molecule has 6 heteroatoms. The lowest BCUT2D eigenvalue weighted by Crippen LogP contribution is -2.30. The SMILES string of the molecule is CC/C=C\C/C=C\C/C=C\C/C=C\C/C=C\C/C=C\CCC(=O)OCC(COC(=O)CC/C=C\C/C=C\C/C=C\C/C=C\C/C=C\C/C=C\CC)OC(=O)CCC/C=C\C/C=C\C/C=C\CCCCCCCC. The molecule has 0 radical (unpaired) electrons. The third-order valence-electron chi connectivity index (χ3n) is 10.9. The molecule has 0 saturated carbocycles. The van der Waals surface area contributed by atoms with Crippen molar-refractivity contribution in [2.24, 2.45) is 0 Å². The highest BCUT2D eigenvalue weighted by Gasteiger charge is 2.19. The van der Waals surface area contributed by atoms with Gasteiger partial charge in [-0.25, -0.2) is 0 Å². The van der Waals surface area contributed by atoms with Crippen LogP contribution in [0.3, 0.4) is 0 Å². The van der Waals surface area contributed by atoms with Crippen molar-refractivity contribution < 1.29 is 28.6 Å². The van der Waals surface area contributed by atoms with Gasteiger partial charge in [0.2, 0.25) is 0 Å². The highest BCUT2D eigenvalue weighted by molar-refractivity contribution is 5.71. The lowest BCUT2D eigenvalue weighted by atomic mass is 10.1. The van der Waals surface area contributed by atoms with E-state index >= 15 is 0 Å². The molecule has 404 valence electrons. The Kier molecular flexibility index (Phi) is 54.6. The second kappa shape index (κ2) is 59.1. The standard InChI is InChI=1S/C67H100O6/c1-4-7-10-13-16-19-22-25-28-31-33-36-38-41-44-47-50-53-56-59-65(68)71-62-64(73-67(70)61-58-55-52-49-46-43-40-35-30-27-24-21-18-15-12-9-6-3)63-72-66(69)60-57-54-51-48-45-42-39-37-34-32-29-26-23-20-17-14-11-8-5-2/h7-8,10-11,16-17,19-20,25-30,33-34,36-37,40-45,49-54,64H,4-6,9,12-15,18,21-24,31-32,35,38-39,46-48,55-63H2,1-3H3/b10-7-,11-8-,19-16-,20-17-,28-25-,29-26-,30-27-,36-33-,37-34-,43-40-,44-41-,45-42-,52-49-,53-50-,54-51-. The first-order valence-corrected chi connectivity index (χ1v) is 28.3. The van der Waals surface area contributed by atoms with E-state index in [0.29, 0.717) is 19.3 Å². The van der Waals surface area contributed by atoms with Crippen LogP contribution in [0.25, 0.3) is 0 Å². The number of carbonyl (C=O) groups excluding carboxylic acids is 3. The summed E-state index contributed by atoms with van der Waals surface area (Å²) in [6.07, 6.45) is 89.1. The molecule has 0 saturated heterocycles. The highest BCUT2D eigenvalue weighted by Crippen LogP contribution is 2.09. The predicted octanol–water partition coefficient (Wildman–Crippen LogP) is 19.3. The van der Waals surface area contributed by atoms with Crippen LogP contribution in [-0.4, -0.2) is 37.2 Å². The first-order chi connectivity index (χ1) is 36.0. The van der Waals surface area contributed by atoms with Crippen molar-refractivity contribution in [1.29, 1.82) is 0 Å². The lowest BCUT2D eigenvalue weighted by Gasteiger charge is -2.18. The van der Waals surface area contributed by atoms with Gasteiger partial charge >= 0.3 is 17.9 Å². The zero-order valence-corrected chi connectivity index (χ0v) is 46.1. The number of rotatable bonds is 48. The zero-order chi connectivity index (χ0) is 52.9. The summed E-state index contributed by atoms with van der Waals surface area (Å²) in [6.45, 7) is 6.20. The molecular formula is C67H100O6. The number of esters is 3. The van der Waals surface area contributed by atoms with E-state index < -0.39 is 24.0 Å². The highest BCUT2D eigenvalue weighted by atomic mass is 16.6. The maximum absolute atomic E-state index is 12.8. The van der Waals surface area contributed by atoms with Crippen LogP contribution in [0, 0.1) is 0 Å². The molecule has 0 fully saturated rings. The minimum atomic E-state index is -0.877. The Hall–Kier alpha value is -5.49. The van der Waals surface area contributed by atoms with Crippen molar-refractivity contribution in [2.75, 3.05) is 13.2 Å². The topological polar surface area (TPSA) is 78.9 Å². The molecule has 0 aromatic carbocycles. The van der Waals surface area contributed by atoms with Gasteiger partial charge < -0.3 is 14.2 Å². The molecule has 0 aliphatic heterocycles. The Morgan fingerprint density at radius 2 is 0.562 bits per heavy atom. The number of ether oxygens (including phenoxy) is 3. The zero-order valence-electron chi connectivity index (χ0n) is 46.1. The van der Waals surface area contributed by atoms with Gasteiger partial charge in [0.1, 0.15) is 13.2 Å². The third kappa shape index (κ3) is 57.3. The third-order valence-corrected chi connectivity index (χ3v) is 10.9. The lowest BCUT2D eigenvalue weighted by molar-refractivity contribution is -0.166. The summed E-state index contributed by atoms with van der Waals surface area (Å²) in [6, 6.07) is 0. The Labute approximate surface area is 446 Å². The maximum Gasteiger partial charge on any atom is 0.306 e. The molecule has 0 rings (SSSR count). The van der Waals surface area contributed by atoms with E-state index in [-0.39, 0.29) is 32.5 Å². The van der Waals surface area contributed by atoms with E-state index in [1.807, 2.05) is 24.3 Å². The first kappa shape index (κ1) is 67.5. The molecular weight excluding hydrogens is 901 g/mol. The minimum Gasteiger partial charge on any atom is -0.462 e. The van der Waals surface area contributed by atoms with Gasteiger partial charge in [0.05, 0.1) is 0 Å². The van der Waals surface area contributed by atoms with Crippen molar-refractivity contribution in [2.45, 2.75) is 207 Å². The number of unbranched alkanes of at least 4 members (excludes halogenated alkanes) is 7. The quantitative estimate of drug-likeness (QED) is 0.0262. The van der Waals surface area contributed by atoms with Gasteiger partial charge in [0.15, 0.2) is 6.10 Å². The molecule has 0 bridgehead atoms. The molecule has 0 aromatic rings. The molecule has 0 spiro atoms. The van der Waals surface area contributed by atoms with Crippen LogP contribution in [0.2, 0.25) is 0 Å². The monoisotopic (exact) mass is 1000 g/mol. The summed E-state index contributed by atoms with van der Waals surface area (Å²) in [5.74, 6) is -1.20. The maximum atomic E-state index is 12.8. The first-order valence-electron chi connectivity index (χ1n) is 28.3. The van der Waals surface area contributed by atoms with Gasteiger partial charge in [-0.05, 0) is 128 Å². The van der Waals surface area contributed by atoms with Crippen molar-refractivity contribution in [3.63, 3.8) is 0 Å². The summed E-state index contributed by atoms with van der Waals surface area (Å²) in [4.78, 5) is 38.1. The van der Waals surface area contributed by atoms with Crippen molar-refractivity contribution >= 4 is 17.9 Å². The molecule has 0 amide bonds. The molecule has 0 N–H and O–H groups in total. The van der Waals surface area contributed by atoms with E-state index in [0.717, 1.165) is 103 Å². The second-order valence-electron chi connectivity index (χ2n) is 17.7. The van der Waals surface area contributed by atoms with E-state index in [9.17, 15) is 14.4 Å². The second-order valence-corrected chi connectivity index (χ2v) is 17.7. The molecule has 0 atom stereocenters. The molecule has 0 aromatic heterocycles. The van der Waals surface area contributed by atoms with Crippen LogP contribution in [0.15, 0.2) is 182 Å². The van der Waals surface area contributed by atoms with Gasteiger partial charge in [-0.15, -0.1) is 0 Å². The largest absolute Gasteiger partial charge is 0.462 e. The summed E-state index contributed by atoms with van der Waals surface area (Å²) in [5.41, 5.74) is 0. The van der Waals surface area contributed by atoms with E-state index in [4.69, 9.17) is 14.2 Å². The summed E-state index contributed by atoms with van der Waals surface area (Å²) in [5, 5.41) is 0. The van der Waals surface area contributed by atoms with Crippen LogP contribution in [0.5, 0.6) is 0 Å². The van der Waals surface area contributed by atoms with Crippen LogP contribution in [0.1, 0.15) is 201 Å². The summed E-state index contributed by atoms with van der Waals surface area (Å²) >= 11 is 0. The van der Waals surface area contributed by atoms with E-state index in [2.05, 4.69) is 179 Å². The molecule has 0 heterocycles. The van der Waals surface area contributed by atoms with Gasteiger partial charge in [0, 0.05) is 19.3 Å². The van der Waals surface area contributed by atoms with Crippen molar-refractivity contribution in [3.8, 4) is 0 Å². The molecule has 6 nitrogen and oxygen atoms in total. The predicted molar refractivity (Wildman–Crippen MR) is 315 cm³/mol. The fourth-order valence-electron chi connectivity index (χ4n) is 6.74. The Bertz CT molecular complexity index is 1670. The van der Waals surface area contributed by atoms with Crippen LogP contribution < -0.4 is 0 Å². The minimum absolute atomic E-state index is 0.171. The summed E-state index contributed by atoms with van der Waals surface area (Å²) in [7, 11) is 0. The molecule has 73 heavy (non-hydrogen) atoms. The van der Waals surface area contributed by atoms with Crippen LogP contribution in [0.4, 0.5) is 0 Å². The van der Waals surface area contributed by atoms with E-state index in [1.165, 1.54) is 38.5 Å². The number of carbonyl (C=O) groups is 3. The fourth-order valence-corrected chi connectivity index (χ4v) is 6.74. The Morgan fingerprint density at radius 3 is 0.890 bits per heavy atom. The van der Waals surface area contributed by atoms with Crippen LogP contribution in [-0.2, 0) is 28.6 Å². The average molecular weight is 1000 g/mol. The van der Waals surface area contributed by atoms with Gasteiger partial charge in [0.25, 0.3) is 0 Å². The van der Waals surface area contributed by atoms with Gasteiger partial charge in [-0.3, -0.25) is 14.4 Å². The molecule has 0 aliphatic carbocycles. The van der Waals surface area contributed by atoms with Crippen molar-refractivity contribution in [1.82, 2.24) is 0 Å². The Balaban J connectivity index is 4.73. The Morgan fingerprint density at radius 1 is 0.288 bits per heavy atom. The number of hydrogen-bond donors (Lipinski definition) is 0. The fraction of sp³-hybridized carbons (Fsp3) is 0.507. The number of allylic oxidation sites excluding steroid dienone is 30. The van der Waals surface area contributed by atoms with Gasteiger partial charge in [-0.2, -0.15) is 0 Å². The molecule has 0 unspecified atom stereocenters. The van der Waals surface area contributed by atoms with E-state index in [1.54, 1.807) is 0 Å². The average Bonchev–Trinajstić information content (AvgIpc) is 3.39. The smallest absolute Gasteiger partial charge is 0.306 e. The van der Waals surface area contributed by atoms with Crippen LogP contribution >= 0.6 is 0 Å². The van der Waals surface area contributed by atoms with Crippen molar-refractivity contribution in [3.05, 3.63) is 182 Å². The normalized spacial score (nSPS) is 13.2.